The molecule has 0 spiro atoms. The molecular formula is C14H13ClN2S. The zero-order valence-corrected chi connectivity index (χ0v) is 11.6. The van der Waals surface area contributed by atoms with Gasteiger partial charge in [-0.15, -0.1) is 11.3 Å². The third-order valence-electron chi connectivity index (χ3n) is 2.63. The second kappa shape index (κ2) is 6.01. The Morgan fingerprint density at radius 1 is 1.22 bits per heavy atom. The normalized spacial score (nSPS) is 10.6. The molecule has 2 nitrogen and oxygen atoms in total. The molecule has 0 aliphatic rings. The highest BCUT2D eigenvalue weighted by Crippen LogP contribution is 2.23. The Labute approximate surface area is 116 Å². The van der Waals surface area contributed by atoms with Crippen LogP contribution in [-0.4, -0.2) is 11.9 Å². The minimum atomic E-state index is 0.744. The van der Waals surface area contributed by atoms with E-state index in [0.717, 1.165) is 28.6 Å². The molecule has 0 aliphatic heterocycles. The predicted octanol–water partition coefficient (Wildman–Crippen LogP) is 3.91. The van der Waals surface area contributed by atoms with Crippen LogP contribution in [-0.2, 0) is 13.1 Å². The number of hydrogen-bond donors (Lipinski definition) is 0. The first kappa shape index (κ1) is 13.1. The van der Waals surface area contributed by atoms with Gasteiger partial charge in [-0.25, -0.2) is 0 Å². The molecule has 92 valence electrons. The molecule has 2 aromatic rings. The molecule has 0 bridgehead atoms. The average molecular weight is 277 g/mol. The van der Waals surface area contributed by atoms with Gasteiger partial charge >= 0.3 is 0 Å². The number of benzene rings is 1. The van der Waals surface area contributed by atoms with E-state index in [-0.39, 0.29) is 0 Å². The molecule has 0 N–H and O–H groups in total. The zero-order valence-electron chi connectivity index (χ0n) is 10.1. The lowest BCUT2D eigenvalue weighted by Crippen LogP contribution is -2.17. The number of halogens is 1. The topological polar surface area (TPSA) is 27.0 Å². The Kier molecular flexibility index (Phi) is 4.38. The van der Waals surface area contributed by atoms with Crippen molar-refractivity contribution in [2.24, 2.45) is 0 Å². The molecule has 1 aromatic heterocycles. The van der Waals surface area contributed by atoms with Gasteiger partial charge in [0.2, 0.25) is 0 Å². The lowest BCUT2D eigenvalue weighted by molar-refractivity contribution is 0.321. The Bertz CT molecular complexity index is 571. The van der Waals surface area contributed by atoms with Crippen molar-refractivity contribution in [1.82, 2.24) is 4.90 Å². The van der Waals surface area contributed by atoms with Gasteiger partial charge in [-0.1, -0.05) is 29.8 Å². The molecular weight excluding hydrogens is 264 g/mol. The Morgan fingerprint density at radius 3 is 2.67 bits per heavy atom. The monoisotopic (exact) mass is 276 g/mol. The predicted molar refractivity (Wildman–Crippen MR) is 75.7 cm³/mol. The van der Waals surface area contributed by atoms with Crippen LogP contribution in [0.15, 0.2) is 36.4 Å². The molecule has 4 heteroatoms. The standard InChI is InChI=1S/C14H13ClN2S/c1-17(10-13-6-7-14(15)18-13)9-12-5-3-2-4-11(12)8-16/h2-7H,9-10H2,1H3. The van der Waals surface area contributed by atoms with E-state index < -0.39 is 0 Å². The number of nitrogens with zero attached hydrogens (tertiary/aromatic N) is 2. The fourth-order valence-electron chi connectivity index (χ4n) is 1.82. The van der Waals surface area contributed by atoms with E-state index in [1.165, 1.54) is 4.88 Å². The number of rotatable bonds is 4. The first-order chi connectivity index (χ1) is 8.69. The third-order valence-corrected chi connectivity index (χ3v) is 3.85. The van der Waals surface area contributed by atoms with Crippen molar-refractivity contribution in [3.8, 4) is 6.07 Å². The summed E-state index contributed by atoms with van der Waals surface area (Å²) in [5.74, 6) is 0. The molecule has 18 heavy (non-hydrogen) atoms. The Morgan fingerprint density at radius 2 is 2.00 bits per heavy atom. The van der Waals surface area contributed by atoms with Crippen molar-refractivity contribution in [2.75, 3.05) is 7.05 Å². The number of hydrogen-bond acceptors (Lipinski definition) is 3. The van der Waals surface area contributed by atoms with Gasteiger partial charge in [-0.2, -0.15) is 5.26 Å². The summed E-state index contributed by atoms with van der Waals surface area (Å²) in [4.78, 5) is 3.41. The van der Waals surface area contributed by atoms with E-state index in [9.17, 15) is 0 Å². The van der Waals surface area contributed by atoms with Crippen molar-refractivity contribution < 1.29 is 0 Å². The summed E-state index contributed by atoms with van der Waals surface area (Å²) in [6, 6.07) is 13.9. The maximum absolute atomic E-state index is 9.04. The van der Waals surface area contributed by atoms with Crippen LogP contribution < -0.4 is 0 Å². The van der Waals surface area contributed by atoms with Gasteiger partial charge in [0.05, 0.1) is 16.0 Å². The van der Waals surface area contributed by atoms with E-state index in [4.69, 9.17) is 16.9 Å². The smallest absolute Gasteiger partial charge is 0.0995 e. The summed E-state index contributed by atoms with van der Waals surface area (Å²) in [6.45, 7) is 1.61. The highest BCUT2D eigenvalue weighted by Gasteiger charge is 2.07. The van der Waals surface area contributed by atoms with Crippen molar-refractivity contribution >= 4 is 22.9 Å². The molecule has 0 aliphatic carbocycles. The van der Waals surface area contributed by atoms with Crippen LogP contribution in [0.2, 0.25) is 4.34 Å². The summed E-state index contributed by atoms with van der Waals surface area (Å²) in [5, 5.41) is 9.04. The average Bonchev–Trinajstić information content (AvgIpc) is 2.75. The lowest BCUT2D eigenvalue weighted by atomic mass is 10.1. The minimum Gasteiger partial charge on any atom is -0.297 e. The zero-order chi connectivity index (χ0) is 13.0. The van der Waals surface area contributed by atoms with E-state index in [2.05, 4.69) is 11.0 Å². The highest BCUT2D eigenvalue weighted by atomic mass is 35.5. The summed E-state index contributed by atoms with van der Waals surface area (Å²) in [5.41, 5.74) is 1.80. The van der Waals surface area contributed by atoms with E-state index in [0.29, 0.717) is 0 Å². The van der Waals surface area contributed by atoms with Gasteiger partial charge in [0, 0.05) is 18.0 Å². The van der Waals surface area contributed by atoms with E-state index in [1.807, 2.05) is 43.4 Å². The molecule has 0 unspecified atom stereocenters. The van der Waals surface area contributed by atoms with Gasteiger partial charge in [-0.3, -0.25) is 4.90 Å². The molecule has 0 amide bonds. The fraction of sp³-hybridized carbons (Fsp3) is 0.214. The summed E-state index contributed by atoms with van der Waals surface area (Å²) >= 11 is 7.50. The van der Waals surface area contributed by atoms with Gasteiger partial charge in [0.25, 0.3) is 0 Å². The lowest BCUT2D eigenvalue weighted by Gasteiger charge is -2.16. The molecule has 0 atom stereocenters. The van der Waals surface area contributed by atoms with Crippen LogP contribution in [0.5, 0.6) is 0 Å². The van der Waals surface area contributed by atoms with Crippen LogP contribution in [0.1, 0.15) is 16.0 Å². The Balaban J connectivity index is 2.03. The Hall–Kier alpha value is -1.34. The van der Waals surface area contributed by atoms with Crippen molar-refractivity contribution in [3.63, 3.8) is 0 Å². The van der Waals surface area contributed by atoms with Crippen molar-refractivity contribution in [3.05, 3.63) is 56.7 Å². The van der Waals surface area contributed by atoms with Crippen molar-refractivity contribution in [1.29, 1.82) is 5.26 Å². The maximum atomic E-state index is 9.04. The molecule has 1 heterocycles. The van der Waals surface area contributed by atoms with Gasteiger partial charge in [-0.05, 0) is 30.8 Å². The van der Waals surface area contributed by atoms with Gasteiger partial charge < -0.3 is 0 Å². The molecule has 0 radical (unpaired) electrons. The molecule has 0 saturated heterocycles. The summed E-state index contributed by atoms with van der Waals surface area (Å²) < 4.78 is 0.816. The SMILES string of the molecule is CN(Cc1ccc(Cl)s1)Cc1ccccc1C#N. The molecule has 0 saturated carbocycles. The fourth-order valence-corrected chi connectivity index (χ4v) is 2.98. The molecule has 1 aromatic carbocycles. The van der Waals surface area contributed by atoms with Gasteiger partial charge in [0.15, 0.2) is 0 Å². The van der Waals surface area contributed by atoms with Crippen LogP contribution in [0.4, 0.5) is 0 Å². The van der Waals surface area contributed by atoms with E-state index >= 15 is 0 Å². The second-order valence-electron chi connectivity index (χ2n) is 4.15. The quantitative estimate of drug-likeness (QED) is 0.847. The maximum Gasteiger partial charge on any atom is 0.0995 e. The molecule has 0 fully saturated rings. The molecule has 2 rings (SSSR count). The third kappa shape index (κ3) is 3.33. The minimum absolute atomic E-state index is 0.744. The number of thiophene rings is 1. The van der Waals surface area contributed by atoms with Crippen LogP contribution in [0.25, 0.3) is 0 Å². The van der Waals surface area contributed by atoms with Crippen molar-refractivity contribution in [2.45, 2.75) is 13.1 Å². The van der Waals surface area contributed by atoms with Crippen LogP contribution in [0.3, 0.4) is 0 Å². The van der Waals surface area contributed by atoms with E-state index in [1.54, 1.807) is 11.3 Å². The largest absolute Gasteiger partial charge is 0.297 e. The summed E-state index contributed by atoms with van der Waals surface area (Å²) in [7, 11) is 2.04. The summed E-state index contributed by atoms with van der Waals surface area (Å²) in [6.07, 6.45) is 0. The highest BCUT2D eigenvalue weighted by molar-refractivity contribution is 7.16. The first-order valence-corrected chi connectivity index (χ1v) is 6.79. The van der Waals surface area contributed by atoms with Gasteiger partial charge in [0.1, 0.15) is 0 Å². The first-order valence-electron chi connectivity index (χ1n) is 5.60. The van der Waals surface area contributed by atoms with Crippen LogP contribution >= 0.6 is 22.9 Å². The van der Waals surface area contributed by atoms with Crippen LogP contribution in [0, 0.1) is 11.3 Å². The number of nitriles is 1. The second-order valence-corrected chi connectivity index (χ2v) is 5.95.